The highest BCUT2D eigenvalue weighted by Gasteiger charge is 2.33. The third-order valence-corrected chi connectivity index (χ3v) is 5.89. The standard InChI is InChI=1S/C25H24N4O3/c1-15(2)31-23-11-8-17(14-21(23)26-4)25-27-24(28-32-25)20-7-5-6-19-18(20)9-10-22(19)29-12-13-30-16(29)3/h5-8,11,14-15,22H,3,9-10,12-13H2,1-2H3/t22-/m0/s1. The highest BCUT2D eigenvalue weighted by Crippen LogP contribution is 2.42. The minimum Gasteiger partial charge on any atom is -0.502 e. The SMILES string of the molecule is [C-]#[N+]c1cc(-c2nc(-c3cccc4c3CC[C@@H]4N3CCOC3=C)no2)ccc1OC(C)C. The maximum atomic E-state index is 7.47. The fraction of sp³-hybridized carbons (Fsp3) is 0.320. The van der Waals surface area contributed by atoms with E-state index >= 15 is 0 Å². The first-order valence-electron chi connectivity index (χ1n) is 10.8. The molecule has 0 saturated carbocycles. The van der Waals surface area contributed by atoms with E-state index in [-0.39, 0.29) is 12.1 Å². The van der Waals surface area contributed by atoms with Crippen molar-refractivity contribution in [3.63, 3.8) is 0 Å². The van der Waals surface area contributed by atoms with Crippen LogP contribution in [0.15, 0.2) is 53.4 Å². The quantitative estimate of drug-likeness (QED) is 0.498. The van der Waals surface area contributed by atoms with Crippen molar-refractivity contribution in [1.82, 2.24) is 15.0 Å². The molecule has 1 fully saturated rings. The average molecular weight is 428 g/mol. The summed E-state index contributed by atoms with van der Waals surface area (Å²) in [4.78, 5) is 10.5. The van der Waals surface area contributed by atoms with Crippen molar-refractivity contribution in [3.05, 3.63) is 71.4 Å². The molecule has 1 saturated heterocycles. The molecule has 0 unspecified atom stereocenters. The first-order chi connectivity index (χ1) is 15.5. The predicted octanol–water partition coefficient (Wildman–Crippen LogP) is 5.53. The van der Waals surface area contributed by atoms with Crippen LogP contribution in [-0.2, 0) is 11.2 Å². The van der Waals surface area contributed by atoms with Gasteiger partial charge in [0, 0.05) is 11.1 Å². The molecular formula is C25H24N4O3. The molecule has 3 aromatic rings. The van der Waals surface area contributed by atoms with E-state index in [4.69, 9.17) is 20.6 Å². The van der Waals surface area contributed by atoms with Crippen molar-refractivity contribution in [2.75, 3.05) is 13.2 Å². The van der Waals surface area contributed by atoms with Crippen LogP contribution < -0.4 is 4.74 Å². The lowest BCUT2D eigenvalue weighted by Crippen LogP contribution is -2.22. The first kappa shape index (κ1) is 20.1. The summed E-state index contributed by atoms with van der Waals surface area (Å²) in [6.45, 7) is 16.9. The van der Waals surface area contributed by atoms with E-state index in [1.54, 1.807) is 12.1 Å². The van der Waals surface area contributed by atoms with Crippen molar-refractivity contribution < 1.29 is 14.0 Å². The van der Waals surface area contributed by atoms with Crippen molar-refractivity contribution in [3.8, 4) is 28.6 Å². The molecule has 2 aromatic carbocycles. The fourth-order valence-electron chi connectivity index (χ4n) is 4.51. The van der Waals surface area contributed by atoms with Gasteiger partial charge in [0.15, 0.2) is 5.88 Å². The van der Waals surface area contributed by atoms with Gasteiger partial charge in [-0.3, -0.25) is 0 Å². The van der Waals surface area contributed by atoms with Gasteiger partial charge in [-0.1, -0.05) is 23.4 Å². The molecular weight excluding hydrogens is 404 g/mol. The topological polar surface area (TPSA) is 65.0 Å². The van der Waals surface area contributed by atoms with Gasteiger partial charge in [0.1, 0.15) is 12.4 Å². The number of benzene rings is 2. The molecule has 2 heterocycles. The molecule has 1 aliphatic heterocycles. The van der Waals surface area contributed by atoms with Crippen molar-refractivity contribution in [1.29, 1.82) is 0 Å². The smallest absolute Gasteiger partial charge is 0.256 e. The Bertz CT molecular complexity index is 1220. The largest absolute Gasteiger partial charge is 0.502 e. The zero-order chi connectivity index (χ0) is 22.2. The molecule has 1 atom stereocenters. The minimum absolute atomic E-state index is 0.00958. The van der Waals surface area contributed by atoms with Gasteiger partial charge in [-0.15, -0.1) is 0 Å². The number of hydrogen-bond acceptors (Lipinski definition) is 6. The molecule has 7 nitrogen and oxygen atoms in total. The molecule has 162 valence electrons. The van der Waals surface area contributed by atoms with Crippen molar-refractivity contribution in [2.24, 2.45) is 0 Å². The van der Waals surface area contributed by atoms with Crippen LogP contribution in [0.4, 0.5) is 5.69 Å². The van der Waals surface area contributed by atoms with Crippen LogP contribution in [0, 0.1) is 6.57 Å². The summed E-state index contributed by atoms with van der Waals surface area (Å²) >= 11 is 0. The Labute approximate surface area is 187 Å². The summed E-state index contributed by atoms with van der Waals surface area (Å²) in [7, 11) is 0. The highest BCUT2D eigenvalue weighted by molar-refractivity contribution is 5.70. The molecule has 2 aliphatic rings. The van der Waals surface area contributed by atoms with Crippen LogP contribution >= 0.6 is 0 Å². The van der Waals surface area contributed by atoms with Crippen LogP contribution in [-0.4, -0.2) is 34.3 Å². The highest BCUT2D eigenvalue weighted by atomic mass is 16.5. The number of fused-ring (bicyclic) bond motifs is 1. The summed E-state index contributed by atoms with van der Waals surface area (Å²) in [5.41, 5.74) is 4.61. The second kappa shape index (κ2) is 8.04. The molecule has 1 aromatic heterocycles. The zero-order valence-corrected chi connectivity index (χ0v) is 18.2. The van der Waals surface area contributed by atoms with E-state index in [2.05, 4.69) is 32.5 Å². The lowest BCUT2D eigenvalue weighted by molar-refractivity contribution is 0.208. The summed E-state index contributed by atoms with van der Waals surface area (Å²) in [5.74, 6) is 2.24. The van der Waals surface area contributed by atoms with E-state index in [0.29, 0.717) is 35.3 Å². The lowest BCUT2D eigenvalue weighted by Gasteiger charge is -2.25. The fourth-order valence-corrected chi connectivity index (χ4v) is 4.51. The molecule has 5 rings (SSSR count). The number of rotatable bonds is 5. The van der Waals surface area contributed by atoms with Gasteiger partial charge in [-0.25, -0.2) is 4.85 Å². The third kappa shape index (κ3) is 3.48. The molecule has 0 N–H and O–H groups in total. The van der Waals surface area contributed by atoms with Crippen LogP contribution in [0.1, 0.15) is 37.4 Å². The zero-order valence-electron chi connectivity index (χ0n) is 18.2. The summed E-state index contributed by atoms with van der Waals surface area (Å²) in [6.07, 6.45) is 1.93. The maximum Gasteiger partial charge on any atom is 0.256 e. The number of aromatic nitrogens is 2. The Balaban J connectivity index is 1.46. The molecule has 0 amide bonds. The van der Waals surface area contributed by atoms with E-state index in [9.17, 15) is 0 Å². The van der Waals surface area contributed by atoms with Gasteiger partial charge < -0.3 is 18.9 Å². The first-order valence-corrected chi connectivity index (χ1v) is 10.8. The predicted molar refractivity (Wildman–Crippen MR) is 120 cm³/mol. The summed E-state index contributed by atoms with van der Waals surface area (Å²) in [5, 5.41) is 4.25. The van der Waals surface area contributed by atoms with Gasteiger partial charge in [0.05, 0.1) is 25.3 Å². The second-order valence-electron chi connectivity index (χ2n) is 8.25. The van der Waals surface area contributed by atoms with E-state index in [1.165, 1.54) is 11.1 Å². The van der Waals surface area contributed by atoms with E-state index in [0.717, 1.165) is 30.8 Å². The second-order valence-corrected chi connectivity index (χ2v) is 8.25. The third-order valence-electron chi connectivity index (χ3n) is 5.89. The molecule has 0 bridgehead atoms. The van der Waals surface area contributed by atoms with Crippen LogP contribution in [0.5, 0.6) is 5.75 Å². The van der Waals surface area contributed by atoms with Crippen molar-refractivity contribution in [2.45, 2.75) is 38.8 Å². The van der Waals surface area contributed by atoms with Gasteiger partial charge in [-0.05, 0) is 62.6 Å². The lowest BCUT2D eigenvalue weighted by atomic mass is 10.0. The molecule has 0 spiro atoms. The van der Waals surface area contributed by atoms with Gasteiger partial charge in [-0.2, -0.15) is 4.98 Å². The van der Waals surface area contributed by atoms with Crippen LogP contribution in [0.25, 0.3) is 27.7 Å². The monoisotopic (exact) mass is 428 g/mol. The summed E-state index contributed by atoms with van der Waals surface area (Å²) in [6, 6.07) is 11.9. The van der Waals surface area contributed by atoms with Gasteiger partial charge in [0.25, 0.3) is 5.89 Å². The molecule has 32 heavy (non-hydrogen) atoms. The van der Waals surface area contributed by atoms with E-state index in [1.807, 2.05) is 32.0 Å². The average Bonchev–Trinajstić information content (AvgIpc) is 3.52. The normalized spacial score (nSPS) is 17.4. The number of ether oxygens (including phenoxy) is 2. The van der Waals surface area contributed by atoms with Gasteiger partial charge in [0.2, 0.25) is 11.5 Å². The maximum absolute atomic E-state index is 7.47. The minimum atomic E-state index is -0.00958. The van der Waals surface area contributed by atoms with Crippen LogP contribution in [0.3, 0.4) is 0 Å². The van der Waals surface area contributed by atoms with Crippen molar-refractivity contribution >= 4 is 5.69 Å². The number of hydrogen-bond donors (Lipinski definition) is 0. The molecule has 0 radical (unpaired) electrons. The number of nitrogens with zero attached hydrogens (tertiary/aromatic N) is 4. The Morgan fingerprint density at radius 3 is 2.91 bits per heavy atom. The summed E-state index contributed by atoms with van der Waals surface area (Å²) < 4.78 is 16.9. The van der Waals surface area contributed by atoms with Crippen LogP contribution in [0.2, 0.25) is 0 Å². The Kier molecular flexibility index (Phi) is 5.06. The Morgan fingerprint density at radius 2 is 2.16 bits per heavy atom. The van der Waals surface area contributed by atoms with E-state index < -0.39 is 0 Å². The molecule has 1 aliphatic carbocycles. The molecule has 7 heteroatoms. The Morgan fingerprint density at radius 1 is 1.28 bits per heavy atom. The Hall–Kier alpha value is -3.79. The van der Waals surface area contributed by atoms with Gasteiger partial charge >= 0.3 is 0 Å².